The smallest absolute Gasteiger partial charge is 0.0143 e. The maximum Gasteiger partial charge on any atom is 0.0143 e. The fourth-order valence-electron chi connectivity index (χ4n) is 3.08. The van der Waals surface area contributed by atoms with Gasteiger partial charge in [0, 0.05) is 25.0 Å². The summed E-state index contributed by atoms with van der Waals surface area (Å²) in [5.74, 6) is 0.765. The molecule has 2 atom stereocenters. The molecule has 0 heterocycles. The van der Waals surface area contributed by atoms with Crippen LogP contribution in [-0.2, 0) is 0 Å². The van der Waals surface area contributed by atoms with Gasteiger partial charge in [0.1, 0.15) is 0 Å². The van der Waals surface area contributed by atoms with Crippen molar-refractivity contribution in [3.05, 3.63) is 35.9 Å². The third kappa shape index (κ3) is 2.76. The van der Waals surface area contributed by atoms with Gasteiger partial charge in [0.2, 0.25) is 0 Å². The molecule has 1 aromatic carbocycles. The summed E-state index contributed by atoms with van der Waals surface area (Å²) < 4.78 is 0. The highest BCUT2D eigenvalue weighted by atomic mass is 15.1. The summed E-state index contributed by atoms with van der Waals surface area (Å²) in [5.41, 5.74) is 2.10. The van der Waals surface area contributed by atoms with Crippen molar-refractivity contribution in [1.29, 1.82) is 0 Å². The lowest BCUT2D eigenvalue weighted by Gasteiger charge is -2.20. The van der Waals surface area contributed by atoms with E-state index in [2.05, 4.69) is 54.6 Å². The summed E-state index contributed by atoms with van der Waals surface area (Å²) >= 11 is 0. The van der Waals surface area contributed by atoms with Gasteiger partial charge in [-0.3, -0.25) is 0 Å². The van der Waals surface area contributed by atoms with Crippen LogP contribution >= 0.6 is 0 Å². The third-order valence-corrected chi connectivity index (χ3v) is 4.37. The van der Waals surface area contributed by atoms with E-state index in [1.165, 1.54) is 37.9 Å². The monoisotopic (exact) mass is 244 g/mol. The third-order valence-electron chi connectivity index (χ3n) is 4.37. The molecule has 2 fully saturated rings. The van der Waals surface area contributed by atoms with Crippen molar-refractivity contribution in [3.8, 4) is 0 Å². The highest BCUT2D eigenvalue weighted by molar-refractivity contribution is 5.27. The van der Waals surface area contributed by atoms with Gasteiger partial charge in [0.25, 0.3) is 0 Å². The molecule has 18 heavy (non-hydrogen) atoms. The van der Waals surface area contributed by atoms with E-state index in [0.29, 0.717) is 5.41 Å². The molecule has 2 aliphatic rings. The second-order valence-electron chi connectivity index (χ2n) is 6.48. The largest absolute Gasteiger partial charge is 0.313 e. The van der Waals surface area contributed by atoms with Crippen LogP contribution < -0.4 is 5.32 Å². The van der Waals surface area contributed by atoms with Crippen molar-refractivity contribution in [2.24, 2.45) is 5.41 Å². The molecule has 2 heteroatoms. The van der Waals surface area contributed by atoms with Gasteiger partial charge in [-0.2, -0.15) is 0 Å². The van der Waals surface area contributed by atoms with Crippen LogP contribution in [0.15, 0.2) is 30.3 Å². The van der Waals surface area contributed by atoms with E-state index in [1.54, 1.807) is 0 Å². The van der Waals surface area contributed by atoms with Gasteiger partial charge in [-0.05, 0) is 44.3 Å². The molecule has 3 rings (SSSR count). The lowest BCUT2D eigenvalue weighted by molar-refractivity contribution is 0.298. The van der Waals surface area contributed by atoms with Crippen molar-refractivity contribution in [2.45, 2.75) is 31.2 Å². The number of nitrogens with zero attached hydrogens (tertiary/aromatic N) is 1. The van der Waals surface area contributed by atoms with Gasteiger partial charge in [0.05, 0.1) is 0 Å². The summed E-state index contributed by atoms with van der Waals surface area (Å²) in [6, 6.07) is 11.7. The van der Waals surface area contributed by atoms with Crippen LogP contribution in [0.2, 0.25) is 0 Å². The van der Waals surface area contributed by atoms with Crippen LogP contribution in [0.3, 0.4) is 0 Å². The first-order chi connectivity index (χ1) is 8.69. The Morgan fingerprint density at radius 3 is 2.56 bits per heavy atom. The van der Waals surface area contributed by atoms with Crippen LogP contribution in [0.25, 0.3) is 0 Å². The van der Waals surface area contributed by atoms with Crippen molar-refractivity contribution >= 4 is 0 Å². The van der Waals surface area contributed by atoms with Gasteiger partial charge < -0.3 is 10.2 Å². The Morgan fingerprint density at radius 1 is 1.22 bits per heavy atom. The Bertz CT molecular complexity index is 395. The molecule has 0 unspecified atom stereocenters. The number of hydrogen-bond acceptors (Lipinski definition) is 2. The summed E-state index contributed by atoms with van der Waals surface area (Å²) in [7, 11) is 4.37. The van der Waals surface area contributed by atoms with E-state index in [4.69, 9.17) is 0 Å². The van der Waals surface area contributed by atoms with Crippen LogP contribution in [0.1, 0.15) is 30.7 Å². The lowest BCUT2D eigenvalue weighted by Crippen LogP contribution is -2.33. The Kier molecular flexibility index (Phi) is 3.16. The standard InChI is InChI=1S/C16H24N2/c1-18(2)12-16(8-9-16)11-17-15-10-14(15)13-6-4-3-5-7-13/h3-7,14-15,17H,8-12H2,1-2H3/t14-,15+/m1/s1. The first-order valence-corrected chi connectivity index (χ1v) is 7.12. The second-order valence-corrected chi connectivity index (χ2v) is 6.48. The van der Waals surface area contributed by atoms with Crippen LogP contribution in [-0.4, -0.2) is 38.1 Å². The zero-order chi connectivity index (χ0) is 12.6. The first-order valence-electron chi connectivity index (χ1n) is 7.12. The van der Waals surface area contributed by atoms with Crippen molar-refractivity contribution < 1.29 is 0 Å². The average molecular weight is 244 g/mol. The minimum absolute atomic E-state index is 0.591. The zero-order valence-electron chi connectivity index (χ0n) is 11.5. The van der Waals surface area contributed by atoms with Crippen molar-refractivity contribution in [2.75, 3.05) is 27.2 Å². The average Bonchev–Trinajstić information content (AvgIpc) is 3.23. The fraction of sp³-hybridized carbons (Fsp3) is 0.625. The Labute approximate surface area is 110 Å². The molecule has 0 radical (unpaired) electrons. The molecule has 0 aromatic heterocycles. The lowest BCUT2D eigenvalue weighted by atomic mass is 10.1. The number of benzene rings is 1. The predicted molar refractivity (Wildman–Crippen MR) is 75.8 cm³/mol. The van der Waals surface area contributed by atoms with E-state index in [1.807, 2.05) is 0 Å². The molecule has 2 saturated carbocycles. The Hall–Kier alpha value is -0.860. The summed E-state index contributed by atoms with van der Waals surface area (Å²) in [6.07, 6.45) is 4.13. The van der Waals surface area contributed by atoms with Crippen LogP contribution in [0.4, 0.5) is 0 Å². The van der Waals surface area contributed by atoms with Crippen molar-refractivity contribution in [1.82, 2.24) is 10.2 Å². The Balaban J connectivity index is 1.46. The molecule has 0 bridgehead atoms. The van der Waals surface area contributed by atoms with Crippen LogP contribution in [0.5, 0.6) is 0 Å². The molecule has 0 amide bonds. The highest BCUT2D eigenvalue weighted by Gasteiger charge is 2.45. The van der Waals surface area contributed by atoms with Gasteiger partial charge in [-0.1, -0.05) is 30.3 Å². The molecular weight excluding hydrogens is 220 g/mol. The fourth-order valence-corrected chi connectivity index (χ4v) is 3.08. The number of hydrogen-bond donors (Lipinski definition) is 1. The molecule has 0 saturated heterocycles. The van der Waals surface area contributed by atoms with E-state index in [0.717, 1.165) is 12.0 Å². The van der Waals surface area contributed by atoms with E-state index in [-0.39, 0.29) is 0 Å². The molecule has 2 nitrogen and oxygen atoms in total. The maximum atomic E-state index is 3.79. The number of rotatable bonds is 6. The highest BCUT2D eigenvalue weighted by Crippen LogP contribution is 2.47. The quantitative estimate of drug-likeness (QED) is 0.827. The summed E-state index contributed by atoms with van der Waals surface area (Å²) in [5, 5.41) is 3.79. The predicted octanol–water partition coefficient (Wildman–Crippen LogP) is 2.47. The van der Waals surface area contributed by atoms with Gasteiger partial charge in [0.15, 0.2) is 0 Å². The molecule has 2 aliphatic carbocycles. The molecule has 0 aliphatic heterocycles. The van der Waals surface area contributed by atoms with Crippen molar-refractivity contribution in [3.63, 3.8) is 0 Å². The second kappa shape index (κ2) is 4.67. The molecule has 1 aromatic rings. The maximum absolute atomic E-state index is 3.79. The topological polar surface area (TPSA) is 15.3 Å². The number of nitrogens with one attached hydrogen (secondary N) is 1. The zero-order valence-corrected chi connectivity index (χ0v) is 11.5. The summed E-state index contributed by atoms with van der Waals surface area (Å²) in [4.78, 5) is 2.33. The first kappa shape index (κ1) is 12.2. The molecule has 1 N–H and O–H groups in total. The van der Waals surface area contributed by atoms with E-state index < -0.39 is 0 Å². The normalized spacial score (nSPS) is 28.4. The minimum atomic E-state index is 0.591. The molecule has 0 spiro atoms. The summed E-state index contributed by atoms with van der Waals surface area (Å²) in [6.45, 7) is 2.45. The van der Waals surface area contributed by atoms with Gasteiger partial charge in [-0.25, -0.2) is 0 Å². The van der Waals surface area contributed by atoms with Gasteiger partial charge >= 0.3 is 0 Å². The minimum Gasteiger partial charge on any atom is -0.313 e. The SMILES string of the molecule is CN(C)CC1(CN[C@H]2C[C@@H]2c2ccccc2)CC1. The molecule has 98 valence electrons. The molecular formula is C16H24N2. The Morgan fingerprint density at radius 2 is 1.94 bits per heavy atom. The van der Waals surface area contributed by atoms with Gasteiger partial charge in [-0.15, -0.1) is 0 Å². The van der Waals surface area contributed by atoms with Crippen LogP contribution in [0, 0.1) is 5.41 Å². The van der Waals surface area contributed by atoms with E-state index in [9.17, 15) is 0 Å². The van der Waals surface area contributed by atoms with E-state index >= 15 is 0 Å².